The second kappa shape index (κ2) is 5.61. The minimum Gasteiger partial charge on any atom is -0.496 e. The van der Waals surface area contributed by atoms with Gasteiger partial charge in [0.05, 0.1) is 7.11 Å². The molecule has 0 atom stereocenters. The predicted octanol–water partition coefficient (Wildman–Crippen LogP) is 1.90. The number of aliphatic hydroxyl groups excluding tert-OH is 1. The van der Waals surface area contributed by atoms with Crippen LogP contribution in [0.3, 0.4) is 0 Å². The molecule has 1 aliphatic rings. The van der Waals surface area contributed by atoms with Crippen molar-refractivity contribution in [1.82, 2.24) is 5.32 Å². The van der Waals surface area contributed by atoms with Gasteiger partial charge in [0.2, 0.25) is 0 Å². The van der Waals surface area contributed by atoms with E-state index in [0.29, 0.717) is 12.1 Å². The minimum absolute atomic E-state index is 0.0810. The van der Waals surface area contributed by atoms with Gasteiger partial charge in [0.15, 0.2) is 0 Å². The second-order valence-electron chi connectivity index (χ2n) is 5.34. The number of nitrogens with one attached hydrogen (secondary N) is 1. The Hall–Kier alpha value is -1.55. The summed E-state index contributed by atoms with van der Waals surface area (Å²) in [6, 6.07) is 5.45. The van der Waals surface area contributed by atoms with Crippen LogP contribution in [-0.4, -0.2) is 31.3 Å². The Morgan fingerprint density at radius 3 is 2.79 bits per heavy atom. The van der Waals surface area contributed by atoms with Crippen molar-refractivity contribution in [1.29, 1.82) is 0 Å². The SMILES string of the molecule is COc1cc(C(=O)NCC2(CCO)CC2)ccc1C. The molecule has 0 heterocycles. The maximum Gasteiger partial charge on any atom is 0.251 e. The average Bonchev–Trinajstić information content (AvgIpc) is 3.17. The number of carbonyl (C=O) groups is 1. The Balaban J connectivity index is 1.96. The molecular weight excluding hydrogens is 242 g/mol. The van der Waals surface area contributed by atoms with E-state index in [2.05, 4.69) is 5.32 Å². The van der Waals surface area contributed by atoms with Gasteiger partial charge in [0, 0.05) is 18.7 Å². The first-order chi connectivity index (χ1) is 9.10. The summed E-state index contributed by atoms with van der Waals surface area (Å²) in [6.07, 6.45) is 2.95. The molecular formula is C15H21NO3. The number of aryl methyl sites for hydroxylation is 1. The zero-order valence-corrected chi connectivity index (χ0v) is 11.5. The van der Waals surface area contributed by atoms with Gasteiger partial charge in [0.25, 0.3) is 5.91 Å². The number of carbonyl (C=O) groups excluding carboxylic acids is 1. The highest BCUT2D eigenvalue weighted by atomic mass is 16.5. The van der Waals surface area contributed by atoms with Crippen LogP contribution in [0.4, 0.5) is 0 Å². The molecule has 104 valence electrons. The van der Waals surface area contributed by atoms with Crippen molar-refractivity contribution in [3.05, 3.63) is 29.3 Å². The number of rotatable bonds is 6. The molecule has 0 aliphatic heterocycles. The van der Waals surface area contributed by atoms with Gasteiger partial charge in [-0.1, -0.05) is 6.07 Å². The van der Waals surface area contributed by atoms with Crippen molar-refractivity contribution < 1.29 is 14.6 Å². The van der Waals surface area contributed by atoms with Crippen molar-refractivity contribution in [2.24, 2.45) is 5.41 Å². The van der Waals surface area contributed by atoms with E-state index >= 15 is 0 Å². The maximum absolute atomic E-state index is 12.1. The van der Waals surface area contributed by atoms with Crippen LogP contribution >= 0.6 is 0 Å². The molecule has 4 heteroatoms. The standard InChI is InChI=1S/C15H21NO3/c1-11-3-4-12(9-13(11)19-2)14(18)16-10-15(5-6-15)7-8-17/h3-4,9,17H,5-8,10H2,1-2H3,(H,16,18). The van der Waals surface area contributed by atoms with Gasteiger partial charge in [-0.2, -0.15) is 0 Å². The van der Waals surface area contributed by atoms with E-state index in [1.54, 1.807) is 19.2 Å². The lowest BCUT2D eigenvalue weighted by Gasteiger charge is -2.15. The zero-order valence-electron chi connectivity index (χ0n) is 11.5. The molecule has 2 N–H and O–H groups in total. The average molecular weight is 263 g/mol. The number of hydrogen-bond acceptors (Lipinski definition) is 3. The third-order valence-corrected chi connectivity index (χ3v) is 3.89. The lowest BCUT2D eigenvalue weighted by atomic mass is 10.0. The van der Waals surface area contributed by atoms with Gasteiger partial charge in [-0.25, -0.2) is 0 Å². The molecule has 19 heavy (non-hydrogen) atoms. The molecule has 0 radical (unpaired) electrons. The topological polar surface area (TPSA) is 58.6 Å². The van der Waals surface area contributed by atoms with E-state index < -0.39 is 0 Å². The Morgan fingerprint density at radius 2 is 2.21 bits per heavy atom. The van der Waals surface area contributed by atoms with E-state index in [4.69, 9.17) is 9.84 Å². The van der Waals surface area contributed by atoms with Gasteiger partial charge < -0.3 is 15.2 Å². The van der Waals surface area contributed by atoms with E-state index in [0.717, 1.165) is 30.6 Å². The minimum atomic E-state index is -0.0810. The first-order valence-electron chi connectivity index (χ1n) is 6.64. The van der Waals surface area contributed by atoms with E-state index in [1.807, 2.05) is 13.0 Å². The Labute approximate surface area is 113 Å². The van der Waals surface area contributed by atoms with Crippen LogP contribution in [0.2, 0.25) is 0 Å². The van der Waals surface area contributed by atoms with Crippen LogP contribution in [0.1, 0.15) is 35.2 Å². The maximum atomic E-state index is 12.1. The first kappa shape index (κ1) is 13.9. The molecule has 0 unspecified atom stereocenters. The Kier molecular flexibility index (Phi) is 4.10. The van der Waals surface area contributed by atoms with Crippen LogP contribution in [-0.2, 0) is 0 Å². The molecule has 1 fully saturated rings. The molecule has 0 bridgehead atoms. The van der Waals surface area contributed by atoms with Crippen molar-refractivity contribution in [2.75, 3.05) is 20.3 Å². The van der Waals surface area contributed by atoms with Crippen molar-refractivity contribution >= 4 is 5.91 Å². The van der Waals surface area contributed by atoms with Gasteiger partial charge in [-0.15, -0.1) is 0 Å². The molecule has 1 aromatic rings. The van der Waals surface area contributed by atoms with Crippen LogP contribution in [0.25, 0.3) is 0 Å². The molecule has 1 aromatic carbocycles. The summed E-state index contributed by atoms with van der Waals surface area (Å²) < 4.78 is 5.22. The van der Waals surface area contributed by atoms with Crippen LogP contribution in [0.15, 0.2) is 18.2 Å². The number of amides is 1. The molecule has 1 saturated carbocycles. The normalized spacial score (nSPS) is 15.9. The zero-order chi connectivity index (χ0) is 13.9. The largest absolute Gasteiger partial charge is 0.496 e. The second-order valence-corrected chi connectivity index (χ2v) is 5.34. The molecule has 0 spiro atoms. The van der Waals surface area contributed by atoms with Crippen LogP contribution in [0, 0.1) is 12.3 Å². The van der Waals surface area contributed by atoms with E-state index in [-0.39, 0.29) is 17.9 Å². The van der Waals surface area contributed by atoms with Crippen molar-refractivity contribution in [2.45, 2.75) is 26.2 Å². The monoisotopic (exact) mass is 263 g/mol. The van der Waals surface area contributed by atoms with Crippen molar-refractivity contribution in [3.8, 4) is 5.75 Å². The Morgan fingerprint density at radius 1 is 1.47 bits per heavy atom. The van der Waals surface area contributed by atoms with E-state index in [1.165, 1.54) is 0 Å². The smallest absolute Gasteiger partial charge is 0.251 e. The van der Waals surface area contributed by atoms with Crippen molar-refractivity contribution in [3.63, 3.8) is 0 Å². The van der Waals surface area contributed by atoms with Gasteiger partial charge >= 0.3 is 0 Å². The van der Waals surface area contributed by atoms with Gasteiger partial charge in [0.1, 0.15) is 5.75 Å². The van der Waals surface area contributed by atoms with Crippen LogP contribution < -0.4 is 10.1 Å². The molecule has 2 rings (SSSR count). The highest BCUT2D eigenvalue weighted by Gasteiger charge is 2.41. The fourth-order valence-corrected chi connectivity index (χ4v) is 2.26. The summed E-state index contributed by atoms with van der Waals surface area (Å²) in [5.41, 5.74) is 1.76. The molecule has 1 aliphatic carbocycles. The number of hydrogen-bond donors (Lipinski definition) is 2. The number of aliphatic hydroxyl groups is 1. The van der Waals surface area contributed by atoms with E-state index in [9.17, 15) is 4.79 Å². The molecule has 1 amide bonds. The summed E-state index contributed by atoms with van der Waals surface area (Å²) in [5, 5.41) is 11.9. The predicted molar refractivity (Wildman–Crippen MR) is 73.4 cm³/mol. The summed E-state index contributed by atoms with van der Waals surface area (Å²) in [7, 11) is 1.60. The highest BCUT2D eigenvalue weighted by molar-refractivity contribution is 5.94. The highest BCUT2D eigenvalue weighted by Crippen LogP contribution is 2.47. The molecule has 0 saturated heterocycles. The number of methoxy groups -OCH3 is 1. The summed E-state index contributed by atoms with van der Waals surface area (Å²) in [5.74, 6) is 0.645. The fraction of sp³-hybridized carbons (Fsp3) is 0.533. The quantitative estimate of drug-likeness (QED) is 0.824. The molecule has 4 nitrogen and oxygen atoms in total. The van der Waals surface area contributed by atoms with Crippen LogP contribution in [0.5, 0.6) is 5.75 Å². The lowest BCUT2D eigenvalue weighted by Crippen LogP contribution is -2.30. The fourth-order valence-electron chi connectivity index (χ4n) is 2.26. The first-order valence-corrected chi connectivity index (χ1v) is 6.64. The van der Waals surface area contributed by atoms with Gasteiger partial charge in [-0.05, 0) is 49.3 Å². The summed E-state index contributed by atoms with van der Waals surface area (Å²) in [4.78, 5) is 12.1. The number of ether oxygens (including phenoxy) is 1. The lowest BCUT2D eigenvalue weighted by molar-refractivity contribution is 0.0940. The Bertz CT molecular complexity index is 466. The molecule has 0 aromatic heterocycles. The summed E-state index contributed by atoms with van der Waals surface area (Å²) >= 11 is 0. The summed E-state index contributed by atoms with van der Waals surface area (Å²) in [6.45, 7) is 2.78. The number of benzene rings is 1. The third kappa shape index (κ3) is 3.26. The third-order valence-electron chi connectivity index (χ3n) is 3.89. The van der Waals surface area contributed by atoms with Gasteiger partial charge in [-0.3, -0.25) is 4.79 Å².